The first kappa shape index (κ1) is 111. The fraction of sp³-hybridized carbons (Fsp3) is 0.867. The summed E-state index contributed by atoms with van der Waals surface area (Å²) in [6.45, 7) is -7.14. The van der Waals surface area contributed by atoms with Crippen LogP contribution >= 0.6 is 0 Å². The van der Waals surface area contributed by atoms with Crippen LogP contribution in [0.1, 0.15) is 6.42 Å². The number of carbonyl (C=O) groups is 2. The van der Waals surface area contributed by atoms with E-state index in [2.05, 4.69) is 41.8 Å². The molecule has 12 N–H and O–H groups in total. The minimum Gasteiger partial charge on any atom is -0.354 e. The van der Waals surface area contributed by atoms with E-state index in [1.807, 2.05) is 0 Å². The molecule has 0 heterocycles. The second-order valence-electron chi connectivity index (χ2n) is 11.3. The molecular formula is C15H30N2Na10O42S10. The Hall–Kier alpha value is 7.64. The number of amides is 2. The monoisotopic (exact) mass is 1460 g/mol. The summed E-state index contributed by atoms with van der Waals surface area (Å²) in [6, 6.07) is 0. The summed E-state index contributed by atoms with van der Waals surface area (Å²) >= 11 is 0. The Morgan fingerprint density at radius 3 is 0.658 bits per heavy atom. The van der Waals surface area contributed by atoms with Gasteiger partial charge in [-0.25, -0.2) is 41.8 Å². The van der Waals surface area contributed by atoms with Crippen LogP contribution in [0.2, 0.25) is 0 Å². The molecule has 0 aromatic heterocycles. The third-order valence-corrected chi connectivity index (χ3v) is 10.7. The van der Waals surface area contributed by atoms with Gasteiger partial charge < -0.3 is 10.6 Å². The molecule has 0 aromatic carbocycles. The Morgan fingerprint density at radius 2 is 0.481 bits per heavy atom. The summed E-state index contributed by atoms with van der Waals surface area (Å²) in [5.41, 5.74) is 0. The zero-order valence-corrected chi connectivity index (χ0v) is 69.9. The minimum atomic E-state index is -6.40. The van der Waals surface area contributed by atoms with Gasteiger partial charge in [-0.2, -0.15) is 84.2 Å². The molecule has 10 radical (unpaired) electrons. The summed E-state index contributed by atoms with van der Waals surface area (Å²) in [5.74, 6) is -4.76. The molecule has 0 aliphatic carbocycles. The van der Waals surface area contributed by atoms with Crippen LogP contribution in [0.4, 0.5) is 0 Å². The number of hydrogen-bond acceptors (Lipinski definition) is 32. The van der Waals surface area contributed by atoms with Crippen LogP contribution < -0.4 is 10.6 Å². The zero-order chi connectivity index (χ0) is 54.8. The van der Waals surface area contributed by atoms with Crippen molar-refractivity contribution < 1.29 is 181 Å². The molecular weight excluding hydrogens is 1430 g/mol. The molecule has 2 amide bonds. The van der Waals surface area contributed by atoms with Gasteiger partial charge in [-0.05, 0) is 6.42 Å². The van der Waals surface area contributed by atoms with E-state index in [9.17, 15) is 121 Å². The number of hydrogen-bond donors (Lipinski definition) is 12. The third kappa shape index (κ3) is 60.3. The van der Waals surface area contributed by atoms with Crippen molar-refractivity contribution in [2.24, 2.45) is 0 Å². The molecule has 422 valence electrons. The van der Waals surface area contributed by atoms with Gasteiger partial charge in [-0.15, -0.1) is 0 Å². The Labute approximate surface area is 671 Å². The summed E-state index contributed by atoms with van der Waals surface area (Å²) in [5, 5.41) is 2.89. The Balaban J connectivity index is -0.000000514. The Bertz CT molecular complexity index is 2790. The molecule has 8 atom stereocenters. The summed E-state index contributed by atoms with van der Waals surface area (Å²) in [6.07, 6.45) is -30.6. The fourth-order valence-corrected chi connectivity index (χ4v) is 8.71. The SMILES string of the molecule is O=C(NCCCNC(=O)[C@H](OS(=O)(=O)O)[C@@H](OS(=O)(=O)O)[C@H](OS(=O)(=O)O)[C@@H](COS(=O)(=O)O)OS(=O)(=O)O)[C@H](OS(=O)(=O)O)[C@@H](OS(=O)(=O)O)[C@H](OS(=O)(=O)O)[C@@H](COS(=O)(=O)O)OS(=O)(=O)O.[Na].[Na].[Na].[Na].[Na].[Na].[Na].[Na].[Na].[Na]. The molecule has 0 spiro atoms. The maximum atomic E-state index is 13.2. The van der Waals surface area contributed by atoms with Crippen molar-refractivity contribution >= 4 is 411 Å². The van der Waals surface area contributed by atoms with Gasteiger partial charge in [0.15, 0.2) is 12.2 Å². The van der Waals surface area contributed by atoms with Crippen LogP contribution in [0.15, 0.2) is 0 Å². The van der Waals surface area contributed by atoms with Crippen LogP contribution in [0.5, 0.6) is 0 Å². The summed E-state index contributed by atoms with van der Waals surface area (Å²) in [7, 11) is -62.3. The molecule has 79 heavy (non-hydrogen) atoms. The third-order valence-electron chi connectivity index (χ3n) is 6.08. The first-order valence-corrected chi connectivity index (χ1v) is 28.9. The van der Waals surface area contributed by atoms with E-state index in [0.717, 1.165) is 0 Å². The van der Waals surface area contributed by atoms with E-state index < -0.39 is 197 Å². The number of rotatable bonds is 34. The normalized spacial score (nSPS) is 15.4. The van der Waals surface area contributed by atoms with Crippen LogP contribution in [0.3, 0.4) is 0 Å². The molecule has 64 heteroatoms. The van der Waals surface area contributed by atoms with Crippen molar-refractivity contribution in [2.45, 2.75) is 55.3 Å². The summed E-state index contributed by atoms with van der Waals surface area (Å²) in [4.78, 5) is 26.3. The van der Waals surface area contributed by atoms with E-state index in [-0.39, 0.29) is 296 Å². The fourth-order valence-electron chi connectivity index (χ4n) is 4.22. The molecule has 0 saturated carbocycles. The summed E-state index contributed by atoms with van der Waals surface area (Å²) < 4.78 is 360. The average Bonchev–Trinajstić information content (AvgIpc) is 3.05. The minimum absolute atomic E-state index is 0. The van der Waals surface area contributed by atoms with Crippen molar-refractivity contribution in [2.75, 3.05) is 26.3 Å². The Morgan fingerprint density at radius 1 is 0.291 bits per heavy atom. The maximum absolute atomic E-state index is 13.2. The first-order valence-electron chi connectivity index (χ1n) is 15.3. The van der Waals surface area contributed by atoms with Crippen LogP contribution in [-0.2, 0) is 155 Å². The van der Waals surface area contributed by atoms with Gasteiger partial charge in [0, 0.05) is 309 Å². The largest absolute Gasteiger partial charge is 0.398 e. The van der Waals surface area contributed by atoms with Crippen molar-refractivity contribution in [3.8, 4) is 0 Å². The quantitative estimate of drug-likeness (QED) is 0.0162. The molecule has 0 fully saturated rings. The standard InChI is InChI=1S/C15H30N2O42S10.10Na/c18-14(12(58-68(44,45)46)10(56-66(38,39)40)8(54-64(32,33)34)6(52-62(26,27)28)4-50-60(20,21)22)16-2-1-3-17-15(19)13(59-69(47,48)49)11(57-67(41,42)43)9(55-65(35,36)37)7(53-63(29,30)31)5-51-61(23,24)25;;;;;;;;;;/h6-13H,1-5H2,(H,16,18)(H,17,19)(H,20,21,22)(H,23,24,25)(H,26,27,28)(H,29,30,31)(H,32,33,34)(H,35,36,37)(H,38,39,40)(H,41,42,43)(H,44,45,46)(H,47,48,49);;;;;;;;;;/t6-,7-,8-,9-,10+,11+,12-,13-;;;;;;;;;;/m1........../s1. The molecule has 0 aliphatic rings. The van der Waals surface area contributed by atoms with Crippen molar-refractivity contribution in [3.63, 3.8) is 0 Å². The second kappa shape index (κ2) is 46.7. The van der Waals surface area contributed by atoms with Gasteiger partial charge in [0.05, 0.1) is 13.2 Å². The molecule has 0 bridgehead atoms. The zero-order valence-electron chi connectivity index (χ0n) is 41.8. The molecule has 0 unspecified atom stereocenters. The average molecular weight is 1460 g/mol. The molecule has 44 nitrogen and oxygen atoms in total. The van der Waals surface area contributed by atoms with Gasteiger partial charge in [0.1, 0.15) is 36.6 Å². The van der Waals surface area contributed by atoms with Crippen molar-refractivity contribution in [1.29, 1.82) is 0 Å². The number of carbonyl (C=O) groups excluding carboxylic acids is 2. The van der Waals surface area contributed by atoms with Crippen molar-refractivity contribution in [3.05, 3.63) is 0 Å². The topological polar surface area (TPSA) is 694 Å². The van der Waals surface area contributed by atoms with E-state index in [4.69, 9.17) is 18.2 Å². The molecule has 0 saturated heterocycles. The van der Waals surface area contributed by atoms with E-state index in [0.29, 0.717) is 0 Å². The van der Waals surface area contributed by atoms with Gasteiger partial charge in [-0.3, -0.25) is 55.1 Å². The van der Waals surface area contributed by atoms with E-state index in [1.54, 1.807) is 0 Å². The number of nitrogens with one attached hydrogen (secondary N) is 2. The van der Waals surface area contributed by atoms with Crippen LogP contribution in [0, 0.1) is 0 Å². The van der Waals surface area contributed by atoms with E-state index in [1.165, 1.54) is 10.6 Å². The predicted molar refractivity (Wildman–Crippen MR) is 255 cm³/mol. The van der Waals surface area contributed by atoms with Gasteiger partial charge in [-0.1, -0.05) is 0 Å². The van der Waals surface area contributed by atoms with Gasteiger partial charge in [0.2, 0.25) is 0 Å². The van der Waals surface area contributed by atoms with Crippen LogP contribution in [0.25, 0.3) is 0 Å². The Kier molecular flexibility index (Phi) is 65.6. The van der Waals surface area contributed by atoms with Gasteiger partial charge >= 0.3 is 104 Å². The first-order chi connectivity index (χ1) is 30.3. The molecule has 0 aliphatic heterocycles. The van der Waals surface area contributed by atoms with E-state index >= 15 is 0 Å². The smallest absolute Gasteiger partial charge is 0.354 e. The molecule has 0 aromatic rings. The predicted octanol–water partition coefficient (Wildman–Crippen LogP) is -13.1. The van der Waals surface area contributed by atoms with Crippen molar-refractivity contribution in [1.82, 2.24) is 10.6 Å². The maximum Gasteiger partial charge on any atom is 0.398 e. The molecule has 0 rings (SSSR count). The van der Waals surface area contributed by atoms with Crippen LogP contribution in [-0.4, -0.2) is 512 Å². The second-order valence-corrected chi connectivity index (χ2v) is 21.9. The van der Waals surface area contributed by atoms with Gasteiger partial charge in [0.25, 0.3) is 11.8 Å².